The number of esters is 1. The molecule has 4 fully saturated rings. The third kappa shape index (κ3) is 4.77. The average Bonchev–Trinajstić information content (AvgIpc) is 3.16. The molecule has 11 atom stereocenters. The Morgan fingerprint density at radius 2 is 1.80 bits per heavy atom. The predicted molar refractivity (Wildman–Crippen MR) is 132 cm³/mol. The first-order chi connectivity index (χ1) is 16.5. The van der Waals surface area contributed by atoms with E-state index in [1.807, 2.05) is 0 Å². The van der Waals surface area contributed by atoms with Crippen LogP contribution in [0.25, 0.3) is 0 Å². The van der Waals surface area contributed by atoms with Crippen molar-refractivity contribution in [3.05, 3.63) is 0 Å². The van der Waals surface area contributed by atoms with Crippen molar-refractivity contribution >= 4 is 11.9 Å². The summed E-state index contributed by atoms with van der Waals surface area (Å²) in [6.07, 6.45) is 6.09. The molecule has 0 aromatic heterocycles. The van der Waals surface area contributed by atoms with Gasteiger partial charge < -0.3 is 25.4 Å². The molecule has 0 saturated heterocycles. The fraction of sp³-hybridized carbons (Fsp3) is 0.929. The van der Waals surface area contributed by atoms with Crippen molar-refractivity contribution in [1.29, 1.82) is 0 Å². The van der Waals surface area contributed by atoms with E-state index in [9.17, 15) is 24.9 Å². The zero-order valence-electron chi connectivity index (χ0n) is 22.0. The number of amides is 1. The second-order valence-corrected chi connectivity index (χ2v) is 12.6. The molecule has 4 rings (SSSR count). The molecule has 0 spiro atoms. The zero-order valence-corrected chi connectivity index (χ0v) is 22.0. The lowest BCUT2D eigenvalue weighted by Crippen LogP contribution is -2.62. The van der Waals surface area contributed by atoms with Gasteiger partial charge in [-0.05, 0) is 105 Å². The van der Waals surface area contributed by atoms with E-state index >= 15 is 0 Å². The van der Waals surface area contributed by atoms with Crippen molar-refractivity contribution in [2.75, 3.05) is 13.2 Å². The van der Waals surface area contributed by atoms with Crippen molar-refractivity contribution in [3.63, 3.8) is 0 Å². The topological polar surface area (TPSA) is 116 Å². The summed E-state index contributed by atoms with van der Waals surface area (Å²) in [5.74, 6) is 1.09. The third-order valence-electron chi connectivity index (χ3n) is 11.1. The number of carbonyl (C=O) groups is 2. The normalized spacial score (nSPS) is 45.6. The largest absolute Gasteiger partial charge is 0.465 e. The van der Waals surface area contributed by atoms with E-state index in [0.717, 1.165) is 44.9 Å². The quantitative estimate of drug-likeness (QED) is 0.405. The van der Waals surface area contributed by atoms with Crippen LogP contribution in [0, 0.1) is 46.3 Å². The summed E-state index contributed by atoms with van der Waals surface area (Å²) >= 11 is 0. The Hall–Kier alpha value is -1.18. The molecule has 0 bridgehead atoms. The highest BCUT2D eigenvalue weighted by Gasteiger charge is 2.65. The van der Waals surface area contributed by atoms with Gasteiger partial charge in [-0.3, -0.25) is 9.59 Å². The van der Waals surface area contributed by atoms with Crippen LogP contribution in [0.15, 0.2) is 0 Å². The highest BCUT2D eigenvalue weighted by molar-refractivity contribution is 5.81. The minimum absolute atomic E-state index is 0.0755. The molecule has 4 unspecified atom stereocenters. The molecule has 200 valence electrons. The smallest absolute Gasteiger partial charge is 0.325 e. The van der Waals surface area contributed by atoms with Crippen molar-refractivity contribution in [1.82, 2.24) is 5.32 Å². The van der Waals surface area contributed by atoms with Crippen LogP contribution in [0.4, 0.5) is 0 Å². The van der Waals surface area contributed by atoms with Gasteiger partial charge in [-0.1, -0.05) is 20.8 Å². The van der Waals surface area contributed by atoms with Gasteiger partial charge >= 0.3 is 5.97 Å². The maximum atomic E-state index is 12.3. The van der Waals surface area contributed by atoms with E-state index in [1.165, 1.54) is 0 Å². The van der Waals surface area contributed by atoms with Crippen molar-refractivity contribution in [3.8, 4) is 0 Å². The summed E-state index contributed by atoms with van der Waals surface area (Å²) in [7, 11) is 0. The number of ether oxygens (including phenoxy) is 1. The second-order valence-electron chi connectivity index (χ2n) is 12.6. The monoisotopic (exact) mass is 493 g/mol. The number of aliphatic hydroxyl groups excluding tert-OH is 3. The number of nitrogens with one attached hydrogen (secondary N) is 1. The first kappa shape index (κ1) is 26.9. The highest BCUT2D eigenvalue weighted by atomic mass is 16.5. The standard InChI is InChI=1S/C28H47NO6/c1-5-35-25(34)15-29-24(33)9-6-16(2)19-7-8-20-26-21(14-23(32)28(19,20)4)27(3)11-10-18(30)12-17(27)13-22(26)31/h16-23,26,30-32H,5-15H2,1-4H3,(H,29,33)/t16-,17+,18-,19-,20?,21?,22?,23+,26?,27+,28-/m1/s1. The van der Waals surface area contributed by atoms with Gasteiger partial charge in [-0.2, -0.15) is 0 Å². The SMILES string of the molecule is CCOC(=O)CNC(=O)CC[C@@H](C)[C@H]1CCC2C3C(O)C[C@@H]4C[C@H](O)CC[C@]4(C)C3C[C@H](O)[C@@]21C. The minimum atomic E-state index is -0.422. The van der Waals surface area contributed by atoms with Gasteiger partial charge in [0, 0.05) is 6.42 Å². The predicted octanol–water partition coefficient (Wildman–Crippen LogP) is 3.04. The molecule has 1 amide bonds. The van der Waals surface area contributed by atoms with E-state index in [4.69, 9.17) is 4.74 Å². The van der Waals surface area contributed by atoms with Gasteiger partial charge in [-0.15, -0.1) is 0 Å². The molecule has 4 saturated carbocycles. The minimum Gasteiger partial charge on any atom is -0.465 e. The van der Waals surface area contributed by atoms with Crippen LogP contribution in [0.2, 0.25) is 0 Å². The van der Waals surface area contributed by atoms with Crippen molar-refractivity contribution in [2.24, 2.45) is 46.3 Å². The number of rotatable bonds is 7. The second kappa shape index (κ2) is 10.3. The Labute approximate surface area is 210 Å². The molecule has 7 heteroatoms. The summed E-state index contributed by atoms with van der Waals surface area (Å²) in [4.78, 5) is 23.8. The van der Waals surface area contributed by atoms with E-state index in [-0.39, 0.29) is 53.2 Å². The molecule has 0 aliphatic heterocycles. The summed E-state index contributed by atoms with van der Waals surface area (Å²) in [6, 6.07) is 0. The van der Waals surface area contributed by atoms with Crippen LogP contribution < -0.4 is 5.32 Å². The van der Waals surface area contributed by atoms with E-state index < -0.39 is 12.1 Å². The number of hydrogen-bond donors (Lipinski definition) is 4. The molecule has 35 heavy (non-hydrogen) atoms. The fourth-order valence-corrected chi connectivity index (χ4v) is 9.16. The molecule has 4 aliphatic carbocycles. The maximum Gasteiger partial charge on any atom is 0.325 e. The summed E-state index contributed by atoms with van der Waals surface area (Å²) in [6.45, 7) is 8.72. The average molecular weight is 494 g/mol. The zero-order chi connectivity index (χ0) is 25.5. The van der Waals surface area contributed by atoms with Crippen LogP contribution >= 0.6 is 0 Å². The lowest BCUT2D eigenvalue weighted by molar-refractivity contribution is -0.207. The van der Waals surface area contributed by atoms with Crippen LogP contribution in [-0.2, 0) is 14.3 Å². The first-order valence-electron chi connectivity index (χ1n) is 14.0. The fourth-order valence-electron chi connectivity index (χ4n) is 9.16. The molecule has 0 heterocycles. The lowest BCUT2D eigenvalue weighted by atomic mass is 9.43. The van der Waals surface area contributed by atoms with Gasteiger partial charge in [0.2, 0.25) is 5.91 Å². The summed E-state index contributed by atoms with van der Waals surface area (Å²) in [5.41, 5.74) is -0.188. The van der Waals surface area contributed by atoms with Crippen LogP contribution in [0.5, 0.6) is 0 Å². The number of hydrogen-bond acceptors (Lipinski definition) is 6. The first-order valence-corrected chi connectivity index (χ1v) is 14.0. The van der Waals surface area contributed by atoms with Crippen LogP contribution in [-0.4, -0.2) is 58.7 Å². The van der Waals surface area contributed by atoms with Crippen molar-refractivity contribution in [2.45, 2.75) is 104 Å². The summed E-state index contributed by atoms with van der Waals surface area (Å²) in [5, 5.41) is 36.0. The van der Waals surface area contributed by atoms with Crippen LogP contribution in [0.3, 0.4) is 0 Å². The maximum absolute atomic E-state index is 12.3. The van der Waals surface area contributed by atoms with Gasteiger partial charge in [0.1, 0.15) is 6.54 Å². The Balaban J connectivity index is 1.43. The Morgan fingerprint density at radius 1 is 1.06 bits per heavy atom. The van der Waals surface area contributed by atoms with Crippen LogP contribution in [0.1, 0.15) is 85.5 Å². The molecule has 0 aromatic carbocycles. The molecular formula is C28H47NO6. The Bertz CT molecular complexity index is 789. The van der Waals surface area contributed by atoms with Crippen molar-refractivity contribution < 1.29 is 29.6 Å². The molecular weight excluding hydrogens is 446 g/mol. The summed E-state index contributed by atoms with van der Waals surface area (Å²) < 4.78 is 4.87. The van der Waals surface area contributed by atoms with E-state index in [1.54, 1.807) is 6.92 Å². The molecule has 4 aliphatic rings. The van der Waals surface area contributed by atoms with Gasteiger partial charge in [0.05, 0.1) is 24.9 Å². The van der Waals surface area contributed by atoms with E-state index in [2.05, 4.69) is 26.1 Å². The number of carbonyl (C=O) groups excluding carboxylic acids is 2. The van der Waals surface area contributed by atoms with Gasteiger partial charge in [0.25, 0.3) is 0 Å². The Morgan fingerprint density at radius 3 is 2.51 bits per heavy atom. The molecule has 7 nitrogen and oxygen atoms in total. The molecule has 4 N–H and O–H groups in total. The number of aliphatic hydroxyl groups is 3. The Kier molecular flexibility index (Phi) is 7.90. The highest BCUT2D eigenvalue weighted by Crippen LogP contribution is 2.68. The lowest BCUT2D eigenvalue weighted by Gasteiger charge is -2.63. The molecule has 0 aromatic rings. The third-order valence-corrected chi connectivity index (χ3v) is 11.1. The van der Waals surface area contributed by atoms with Gasteiger partial charge in [-0.25, -0.2) is 0 Å². The number of fused-ring (bicyclic) bond motifs is 5. The van der Waals surface area contributed by atoms with E-state index in [0.29, 0.717) is 37.2 Å². The van der Waals surface area contributed by atoms with Gasteiger partial charge in [0.15, 0.2) is 0 Å². The molecule has 0 radical (unpaired) electrons.